The minimum absolute atomic E-state index is 0.154. The van der Waals surface area contributed by atoms with Crippen LogP contribution in [0.25, 0.3) is 44.3 Å². The number of likely N-dealkylation sites (tertiary alicyclic amines) is 1. The lowest BCUT2D eigenvalue weighted by Gasteiger charge is -2.38. The molecule has 1 fully saturated rings. The monoisotopic (exact) mass is 452 g/mol. The van der Waals surface area contributed by atoms with Gasteiger partial charge in [-0.2, -0.15) is 0 Å². The van der Waals surface area contributed by atoms with Gasteiger partial charge in [0.1, 0.15) is 5.65 Å². The third kappa shape index (κ3) is 3.41. The predicted octanol–water partition coefficient (Wildman–Crippen LogP) is 5.49. The third-order valence-electron chi connectivity index (χ3n) is 6.38. The minimum Gasteiger partial charge on any atom is -0.307 e. The van der Waals surface area contributed by atoms with E-state index in [9.17, 15) is 4.79 Å². The van der Waals surface area contributed by atoms with Crippen molar-refractivity contribution in [1.82, 2.24) is 19.9 Å². The van der Waals surface area contributed by atoms with Crippen LogP contribution in [0.15, 0.2) is 77.7 Å². The Morgan fingerprint density at radius 3 is 2.61 bits per heavy atom. The molecule has 0 aliphatic carbocycles. The Bertz CT molecular complexity index is 1570. The lowest BCUT2D eigenvalue weighted by molar-refractivity contribution is 0.191. The molecule has 1 aliphatic heterocycles. The molecule has 0 bridgehead atoms. The van der Waals surface area contributed by atoms with Gasteiger partial charge in [0.25, 0.3) is 0 Å². The van der Waals surface area contributed by atoms with Gasteiger partial charge in [-0.1, -0.05) is 48.0 Å². The van der Waals surface area contributed by atoms with Crippen molar-refractivity contribution < 1.29 is 0 Å². The number of aromatic amines is 1. The third-order valence-corrected chi connectivity index (χ3v) is 6.67. The number of H-pyrrole nitrogens is 1. The first-order chi connectivity index (χ1) is 16.1. The highest BCUT2D eigenvalue weighted by Gasteiger charge is 2.31. The maximum atomic E-state index is 12.2. The predicted molar refractivity (Wildman–Crippen MR) is 134 cm³/mol. The van der Waals surface area contributed by atoms with Gasteiger partial charge in [0.05, 0.1) is 16.2 Å². The van der Waals surface area contributed by atoms with Crippen LogP contribution in [-0.4, -0.2) is 40.0 Å². The molecule has 0 amide bonds. The number of aromatic nitrogens is 3. The summed E-state index contributed by atoms with van der Waals surface area (Å²) >= 11 is 6.71. The van der Waals surface area contributed by atoms with Crippen molar-refractivity contribution >= 4 is 33.5 Å². The van der Waals surface area contributed by atoms with Crippen LogP contribution >= 0.6 is 11.6 Å². The van der Waals surface area contributed by atoms with Crippen molar-refractivity contribution in [2.45, 2.75) is 5.92 Å². The summed E-state index contributed by atoms with van der Waals surface area (Å²) < 4.78 is 0. The SMILES string of the molecule is CN1CC(c2c(-c3cc(Cl)c4ncccc4c3)c(-c3ccccc3)nc3[nH]c(=O)ccc23)C1. The molecule has 0 atom stereocenters. The number of nitrogens with zero attached hydrogens (tertiary/aromatic N) is 3. The summed E-state index contributed by atoms with van der Waals surface area (Å²) in [6, 6.07) is 21.7. The average molecular weight is 453 g/mol. The molecule has 5 aromatic rings. The molecule has 0 saturated carbocycles. The van der Waals surface area contributed by atoms with E-state index in [4.69, 9.17) is 16.6 Å². The van der Waals surface area contributed by atoms with E-state index in [0.29, 0.717) is 16.6 Å². The zero-order valence-electron chi connectivity index (χ0n) is 18.0. The van der Waals surface area contributed by atoms with E-state index >= 15 is 0 Å². The van der Waals surface area contributed by atoms with Crippen LogP contribution in [0.4, 0.5) is 0 Å². The Morgan fingerprint density at radius 2 is 1.82 bits per heavy atom. The van der Waals surface area contributed by atoms with E-state index < -0.39 is 0 Å². The molecule has 5 nitrogen and oxygen atoms in total. The highest BCUT2D eigenvalue weighted by Crippen LogP contribution is 2.44. The van der Waals surface area contributed by atoms with Gasteiger partial charge in [-0.25, -0.2) is 4.98 Å². The molecule has 6 rings (SSSR count). The summed E-state index contributed by atoms with van der Waals surface area (Å²) in [5, 5.41) is 2.57. The van der Waals surface area contributed by atoms with E-state index in [1.165, 1.54) is 5.56 Å². The normalized spacial score (nSPS) is 14.6. The van der Waals surface area contributed by atoms with Crippen LogP contribution in [0.5, 0.6) is 0 Å². The fourth-order valence-corrected chi connectivity index (χ4v) is 5.17. The molecular weight excluding hydrogens is 432 g/mol. The number of nitrogens with one attached hydrogen (secondary N) is 1. The number of hydrogen-bond acceptors (Lipinski definition) is 4. The standard InChI is InChI=1S/C27H21ClN4O/c1-32-14-19(15-32)23-20-9-10-22(33)30-27(20)31-26(16-6-3-2-4-7-16)24(23)18-12-17-8-5-11-29-25(17)21(28)13-18/h2-13,19H,14-15H2,1H3,(H,30,31,33). The lowest BCUT2D eigenvalue weighted by Crippen LogP contribution is -2.42. The van der Waals surface area contributed by atoms with Crippen LogP contribution in [0.1, 0.15) is 11.5 Å². The first kappa shape index (κ1) is 20.1. The van der Waals surface area contributed by atoms with Crippen LogP contribution < -0.4 is 5.56 Å². The van der Waals surface area contributed by atoms with E-state index in [-0.39, 0.29) is 5.56 Å². The smallest absolute Gasteiger partial charge is 0.249 e. The molecule has 3 aromatic heterocycles. The van der Waals surface area contributed by atoms with Gasteiger partial charge in [0.15, 0.2) is 0 Å². The van der Waals surface area contributed by atoms with Gasteiger partial charge < -0.3 is 9.88 Å². The fourth-order valence-electron chi connectivity index (χ4n) is 4.89. The molecular formula is C27H21ClN4O. The molecule has 6 heteroatoms. The molecule has 0 spiro atoms. The molecule has 4 heterocycles. The number of halogens is 1. The quantitative estimate of drug-likeness (QED) is 0.393. The number of pyridine rings is 3. The second-order valence-electron chi connectivity index (χ2n) is 8.65. The Kier molecular flexibility index (Phi) is 4.75. The molecule has 0 radical (unpaired) electrons. The maximum Gasteiger partial charge on any atom is 0.249 e. The van der Waals surface area contributed by atoms with Gasteiger partial charge in [0.2, 0.25) is 5.56 Å². The molecule has 1 aliphatic rings. The van der Waals surface area contributed by atoms with Gasteiger partial charge in [0, 0.05) is 53.2 Å². The first-order valence-corrected chi connectivity index (χ1v) is 11.3. The Labute approximate surface area is 195 Å². The lowest BCUT2D eigenvalue weighted by atomic mass is 9.82. The summed E-state index contributed by atoms with van der Waals surface area (Å²) in [5.41, 5.74) is 6.35. The summed E-state index contributed by atoms with van der Waals surface area (Å²) in [5.74, 6) is 0.326. The second kappa shape index (κ2) is 7.80. The van der Waals surface area contributed by atoms with E-state index in [1.54, 1.807) is 12.3 Å². The zero-order chi connectivity index (χ0) is 22.5. The fraction of sp³-hybridized carbons (Fsp3) is 0.148. The molecule has 162 valence electrons. The van der Waals surface area contributed by atoms with Crippen LogP contribution in [0.2, 0.25) is 5.02 Å². The number of benzene rings is 2. The van der Waals surface area contributed by atoms with Crippen molar-refractivity contribution in [3.8, 4) is 22.4 Å². The summed E-state index contributed by atoms with van der Waals surface area (Å²) in [6.45, 7) is 1.89. The minimum atomic E-state index is -0.154. The Morgan fingerprint density at radius 1 is 1.00 bits per heavy atom. The summed E-state index contributed by atoms with van der Waals surface area (Å²) in [6.07, 6.45) is 1.76. The van der Waals surface area contributed by atoms with Crippen molar-refractivity contribution in [2.75, 3.05) is 20.1 Å². The highest BCUT2D eigenvalue weighted by atomic mass is 35.5. The average Bonchev–Trinajstić information content (AvgIpc) is 2.81. The van der Waals surface area contributed by atoms with Crippen LogP contribution in [-0.2, 0) is 0 Å². The van der Waals surface area contributed by atoms with Crippen molar-refractivity contribution in [2.24, 2.45) is 0 Å². The summed E-state index contributed by atoms with van der Waals surface area (Å²) in [4.78, 5) is 26.9. The largest absolute Gasteiger partial charge is 0.307 e. The first-order valence-electron chi connectivity index (χ1n) is 10.9. The maximum absolute atomic E-state index is 12.2. The molecule has 1 saturated heterocycles. The van der Waals surface area contributed by atoms with E-state index in [1.807, 2.05) is 42.5 Å². The number of hydrogen-bond donors (Lipinski definition) is 1. The van der Waals surface area contributed by atoms with Gasteiger partial charge in [-0.05, 0) is 42.4 Å². The van der Waals surface area contributed by atoms with Gasteiger partial charge in [-0.3, -0.25) is 9.78 Å². The Hall–Kier alpha value is -3.54. The van der Waals surface area contributed by atoms with Gasteiger partial charge >= 0.3 is 0 Å². The zero-order valence-corrected chi connectivity index (χ0v) is 18.8. The number of likely N-dealkylation sites (N-methyl/N-ethyl adjacent to an activating group) is 1. The molecule has 0 unspecified atom stereocenters. The molecule has 1 N–H and O–H groups in total. The number of fused-ring (bicyclic) bond motifs is 2. The highest BCUT2D eigenvalue weighted by molar-refractivity contribution is 6.35. The van der Waals surface area contributed by atoms with Crippen molar-refractivity contribution in [1.29, 1.82) is 0 Å². The molecule has 33 heavy (non-hydrogen) atoms. The molecule has 2 aromatic carbocycles. The van der Waals surface area contributed by atoms with Crippen molar-refractivity contribution in [3.63, 3.8) is 0 Å². The van der Waals surface area contributed by atoms with Crippen LogP contribution in [0.3, 0.4) is 0 Å². The topological polar surface area (TPSA) is 61.9 Å². The Balaban J connectivity index is 1.75. The van der Waals surface area contributed by atoms with Crippen molar-refractivity contribution in [3.05, 3.63) is 93.9 Å². The van der Waals surface area contributed by atoms with E-state index in [0.717, 1.165) is 51.8 Å². The van der Waals surface area contributed by atoms with E-state index in [2.05, 4.69) is 40.1 Å². The summed E-state index contributed by atoms with van der Waals surface area (Å²) in [7, 11) is 2.12. The number of rotatable bonds is 3. The van der Waals surface area contributed by atoms with Gasteiger partial charge in [-0.15, -0.1) is 0 Å². The van der Waals surface area contributed by atoms with Crippen LogP contribution in [0, 0.1) is 0 Å². The second-order valence-corrected chi connectivity index (χ2v) is 9.06.